The predicted octanol–water partition coefficient (Wildman–Crippen LogP) is 9.85. The fourth-order valence-electron chi connectivity index (χ4n) is 6.09. The van der Waals surface area contributed by atoms with E-state index in [2.05, 4.69) is 121 Å². The van der Waals surface area contributed by atoms with Crippen molar-refractivity contribution in [3.05, 3.63) is 151 Å². The van der Waals surface area contributed by atoms with E-state index in [-0.39, 0.29) is 20.1 Å². The van der Waals surface area contributed by atoms with Crippen LogP contribution in [0, 0.1) is 19.1 Å². The molecule has 8 rings (SSSR count). The zero-order valence-electron chi connectivity index (χ0n) is 26.9. The summed E-state index contributed by atoms with van der Waals surface area (Å²) >= 11 is 0. The number of rotatable bonds is 5. The molecule has 0 saturated carbocycles. The van der Waals surface area contributed by atoms with Crippen LogP contribution in [0.4, 0.5) is 0 Å². The molecule has 47 heavy (non-hydrogen) atoms. The van der Waals surface area contributed by atoms with Gasteiger partial charge >= 0.3 is 0 Å². The number of aromatic nitrogens is 3. The van der Waals surface area contributed by atoms with Gasteiger partial charge in [-0.1, -0.05) is 103 Å². The summed E-state index contributed by atoms with van der Waals surface area (Å²) in [7, 11) is -1.27. The van der Waals surface area contributed by atoms with E-state index in [1.54, 1.807) is 0 Å². The van der Waals surface area contributed by atoms with Gasteiger partial charge < -0.3 is 14.0 Å². The molecule has 235 valence electrons. The third kappa shape index (κ3) is 6.63. The van der Waals surface area contributed by atoms with Crippen LogP contribution in [0.25, 0.3) is 55.6 Å². The second kappa shape index (κ2) is 13.6. The van der Waals surface area contributed by atoms with Crippen molar-refractivity contribution in [3.63, 3.8) is 0 Å². The number of pyridine rings is 1. The molecule has 4 nitrogen and oxygen atoms in total. The fourth-order valence-corrected chi connectivity index (χ4v) is 7.80. The largest absolute Gasteiger partial charge is 0.501 e. The molecular weight excluding hydrogens is 771 g/mol. The Morgan fingerprint density at radius 3 is 2.28 bits per heavy atom. The van der Waals surface area contributed by atoms with Gasteiger partial charge in [0, 0.05) is 38.2 Å². The molecule has 0 N–H and O–H groups in total. The number of para-hydroxylation sites is 3. The van der Waals surface area contributed by atoms with Crippen molar-refractivity contribution in [2.75, 3.05) is 0 Å². The molecule has 0 fully saturated rings. The molecule has 0 saturated heterocycles. The summed E-state index contributed by atoms with van der Waals surface area (Å²) in [4.78, 5) is 9.55. The molecular formula is C41H35IrN3OSi-2. The van der Waals surface area contributed by atoms with Gasteiger partial charge in [-0.2, -0.15) is 0 Å². The summed E-state index contributed by atoms with van der Waals surface area (Å²) in [5.41, 5.74) is 9.36. The van der Waals surface area contributed by atoms with Gasteiger partial charge in [0.2, 0.25) is 0 Å². The van der Waals surface area contributed by atoms with E-state index in [1.807, 2.05) is 54.6 Å². The second-order valence-corrected chi connectivity index (χ2v) is 17.6. The van der Waals surface area contributed by atoms with Crippen molar-refractivity contribution in [1.82, 2.24) is 14.5 Å². The van der Waals surface area contributed by atoms with Gasteiger partial charge in [-0.15, -0.1) is 54.1 Å². The summed E-state index contributed by atoms with van der Waals surface area (Å²) in [5.74, 6) is 0.875. The van der Waals surface area contributed by atoms with Crippen LogP contribution in [0.1, 0.15) is 11.1 Å². The van der Waals surface area contributed by atoms with Crippen molar-refractivity contribution in [1.29, 1.82) is 0 Å². The molecule has 0 aliphatic rings. The predicted molar refractivity (Wildman–Crippen MR) is 193 cm³/mol. The van der Waals surface area contributed by atoms with Crippen molar-refractivity contribution in [2.45, 2.75) is 33.1 Å². The molecule has 0 aliphatic carbocycles. The first kappa shape index (κ1) is 32.3. The number of nitrogens with zero attached hydrogens (tertiary/aromatic N) is 3. The fraction of sp³-hybridized carbons (Fsp3) is 0.122. The van der Waals surface area contributed by atoms with Gasteiger partial charge in [0.1, 0.15) is 5.58 Å². The monoisotopic (exact) mass is 806 g/mol. The van der Waals surface area contributed by atoms with Crippen molar-refractivity contribution >= 4 is 46.2 Å². The molecule has 0 unspecified atom stereocenters. The SMILES string of the molecule is Cc1cc(-c2[c-]cccc2)ncc1[Si](C)(C)C.[Ir].[c-]1ccc2c(oc3ccccc32)c1-c1nc2ccccc2n1Cc1ccccc1. The van der Waals surface area contributed by atoms with Crippen LogP contribution in [0.2, 0.25) is 19.6 Å². The van der Waals surface area contributed by atoms with Crippen LogP contribution >= 0.6 is 0 Å². The minimum atomic E-state index is -1.27. The first-order valence-electron chi connectivity index (χ1n) is 15.6. The number of imidazole rings is 1. The van der Waals surface area contributed by atoms with Crippen LogP contribution in [0.5, 0.6) is 0 Å². The van der Waals surface area contributed by atoms with E-state index in [0.29, 0.717) is 0 Å². The summed E-state index contributed by atoms with van der Waals surface area (Å²) in [6.45, 7) is 9.98. The maximum atomic E-state index is 6.25. The Morgan fingerprint density at radius 2 is 1.51 bits per heavy atom. The van der Waals surface area contributed by atoms with Gasteiger partial charge in [-0.25, -0.2) is 0 Å². The molecule has 0 spiro atoms. The smallest absolute Gasteiger partial charge is 0.120 e. The zero-order chi connectivity index (χ0) is 31.7. The van der Waals surface area contributed by atoms with Gasteiger partial charge in [0.25, 0.3) is 0 Å². The van der Waals surface area contributed by atoms with Gasteiger partial charge in [-0.05, 0) is 41.6 Å². The van der Waals surface area contributed by atoms with E-state index in [0.717, 1.165) is 62.2 Å². The number of hydrogen-bond donors (Lipinski definition) is 0. The quantitative estimate of drug-likeness (QED) is 0.129. The summed E-state index contributed by atoms with van der Waals surface area (Å²) < 4.78 is 8.51. The minimum absolute atomic E-state index is 0. The molecule has 0 aliphatic heterocycles. The normalized spacial score (nSPS) is 11.3. The molecule has 6 heteroatoms. The van der Waals surface area contributed by atoms with Crippen LogP contribution in [-0.4, -0.2) is 22.6 Å². The number of fused-ring (bicyclic) bond motifs is 4. The third-order valence-electron chi connectivity index (χ3n) is 8.30. The topological polar surface area (TPSA) is 43.9 Å². The number of benzene rings is 5. The Labute approximate surface area is 290 Å². The van der Waals surface area contributed by atoms with E-state index in [4.69, 9.17) is 9.40 Å². The van der Waals surface area contributed by atoms with Gasteiger partial charge in [0.05, 0.1) is 30.5 Å². The summed E-state index contributed by atoms with van der Waals surface area (Å²) in [6, 6.07) is 47.7. The van der Waals surface area contributed by atoms with E-state index >= 15 is 0 Å². The van der Waals surface area contributed by atoms with Crippen molar-refractivity contribution in [2.24, 2.45) is 0 Å². The van der Waals surface area contributed by atoms with Crippen LogP contribution in [-0.2, 0) is 26.7 Å². The van der Waals surface area contributed by atoms with Crippen molar-refractivity contribution in [3.8, 4) is 22.6 Å². The first-order valence-corrected chi connectivity index (χ1v) is 19.1. The summed E-state index contributed by atoms with van der Waals surface area (Å²) in [6.07, 6.45) is 2.05. The standard InChI is InChI=1S/C26H17N2O.C15H18NSi.Ir/c1-2-9-18(10-3-1)17-28-23-15-6-5-14-22(23)27-26(28)21-13-8-12-20-19-11-4-7-16-24(19)29-25(20)21;1-12-10-14(13-8-6-5-7-9-13)16-11-15(12)17(2,3)4;/h1-12,14-16H,17H2;5-8,10-11H,1-4H3;/q2*-1;. The first-order chi connectivity index (χ1) is 22.4. The van der Waals surface area contributed by atoms with Crippen LogP contribution < -0.4 is 5.19 Å². The minimum Gasteiger partial charge on any atom is -0.501 e. The van der Waals surface area contributed by atoms with Gasteiger partial charge in [0.15, 0.2) is 0 Å². The second-order valence-electron chi connectivity index (χ2n) is 12.6. The molecule has 3 aromatic heterocycles. The average Bonchev–Trinajstić information content (AvgIpc) is 3.64. The van der Waals surface area contributed by atoms with Crippen molar-refractivity contribution < 1.29 is 24.5 Å². The Bertz CT molecular complexity index is 2290. The van der Waals surface area contributed by atoms with E-state index < -0.39 is 8.07 Å². The van der Waals surface area contributed by atoms with E-state index in [9.17, 15) is 0 Å². The van der Waals surface area contributed by atoms with Crippen LogP contribution in [0.3, 0.4) is 0 Å². The molecule has 1 radical (unpaired) electrons. The zero-order valence-corrected chi connectivity index (χ0v) is 30.3. The number of aryl methyl sites for hydroxylation is 1. The third-order valence-corrected chi connectivity index (χ3v) is 10.4. The van der Waals surface area contributed by atoms with Gasteiger partial charge in [-0.3, -0.25) is 4.98 Å². The molecule has 0 atom stereocenters. The Hall–Kier alpha value is -4.61. The number of furan rings is 1. The maximum absolute atomic E-state index is 6.25. The molecule has 8 aromatic rings. The molecule has 5 aromatic carbocycles. The molecule has 3 heterocycles. The van der Waals surface area contributed by atoms with E-state index in [1.165, 1.54) is 16.3 Å². The number of hydrogen-bond acceptors (Lipinski definition) is 3. The molecule has 0 amide bonds. The Kier molecular flexibility index (Phi) is 9.37. The average molecular weight is 806 g/mol. The van der Waals surface area contributed by atoms with Crippen LogP contribution in [0.15, 0.2) is 132 Å². The molecule has 0 bridgehead atoms. The summed E-state index contributed by atoms with van der Waals surface area (Å²) in [5, 5.41) is 3.65. The maximum Gasteiger partial charge on any atom is 0.120 e. The Balaban J connectivity index is 0.000000185. The Morgan fingerprint density at radius 1 is 0.766 bits per heavy atom.